The van der Waals surface area contributed by atoms with Crippen molar-refractivity contribution in [3.05, 3.63) is 90.8 Å². The van der Waals surface area contributed by atoms with Crippen LogP contribution in [0, 0.1) is 5.82 Å². The van der Waals surface area contributed by atoms with Crippen molar-refractivity contribution in [1.82, 2.24) is 9.97 Å². The van der Waals surface area contributed by atoms with Gasteiger partial charge in [-0.25, -0.2) is 4.39 Å². The first-order chi connectivity index (χ1) is 13.7. The molecule has 2 aromatic heterocycles. The maximum Gasteiger partial charge on any atom is 0.138 e. The monoisotopic (exact) mass is 373 g/mol. The number of fused-ring (bicyclic) bond motifs is 1. The molecule has 2 N–H and O–H groups in total. The molecule has 1 atom stereocenters. The first-order valence-corrected chi connectivity index (χ1v) is 9.09. The number of pyridine rings is 2. The molecule has 140 valence electrons. The number of rotatable bonds is 6. The van der Waals surface area contributed by atoms with E-state index in [9.17, 15) is 4.39 Å². The molecule has 0 unspecified atom stereocenters. The van der Waals surface area contributed by atoms with Gasteiger partial charge in [0.25, 0.3) is 0 Å². The summed E-state index contributed by atoms with van der Waals surface area (Å²) in [5, 5.41) is 2.22. The number of nitrogens with two attached hydrogens (primary N) is 1. The fourth-order valence-corrected chi connectivity index (χ4v) is 3.10. The highest BCUT2D eigenvalue weighted by Crippen LogP contribution is 2.26. The number of halogens is 1. The zero-order chi connectivity index (χ0) is 19.3. The summed E-state index contributed by atoms with van der Waals surface area (Å²) in [6, 6.07) is 16.3. The van der Waals surface area contributed by atoms with Crippen LogP contribution < -0.4 is 10.5 Å². The minimum atomic E-state index is -0.249. The SMILES string of the molecule is N[C@H](COc1cncc(-c2ccc3cnccc3c2)c1)Cc1ccc(F)cc1. The molecule has 0 bridgehead atoms. The van der Waals surface area contributed by atoms with Crippen LogP contribution in [-0.4, -0.2) is 22.6 Å². The van der Waals surface area contributed by atoms with Crippen molar-refractivity contribution in [2.75, 3.05) is 6.61 Å². The van der Waals surface area contributed by atoms with Crippen molar-refractivity contribution in [3.8, 4) is 16.9 Å². The van der Waals surface area contributed by atoms with Gasteiger partial charge in [0.1, 0.15) is 18.2 Å². The summed E-state index contributed by atoms with van der Waals surface area (Å²) in [7, 11) is 0. The summed E-state index contributed by atoms with van der Waals surface area (Å²) < 4.78 is 18.8. The average Bonchev–Trinajstić information content (AvgIpc) is 2.74. The van der Waals surface area contributed by atoms with Crippen LogP contribution in [0.2, 0.25) is 0 Å². The lowest BCUT2D eigenvalue weighted by atomic mass is 10.0. The average molecular weight is 373 g/mol. The van der Waals surface area contributed by atoms with Crippen LogP contribution in [0.5, 0.6) is 5.75 Å². The molecule has 0 fully saturated rings. The molecule has 28 heavy (non-hydrogen) atoms. The fraction of sp³-hybridized carbons (Fsp3) is 0.130. The molecule has 4 aromatic rings. The maximum atomic E-state index is 13.0. The van der Waals surface area contributed by atoms with Crippen LogP contribution in [-0.2, 0) is 6.42 Å². The predicted molar refractivity (Wildman–Crippen MR) is 109 cm³/mol. The van der Waals surface area contributed by atoms with E-state index >= 15 is 0 Å². The number of hydrogen-bond donors (Lipinski definition) is 1. The molecule has 0 saturated heterocycles. The third-order valence-electron chi connectivity index (χ3n) is 4.56. The second-order valence-electron chi connectivity index (χ2n) is 6.75. The number of hydrogen-bond acceptors (Lipinski definition) is 4. The minimum Gasteiger partial charge on any atom is -0.490 e. The molecule has 5 heteroatoms. The van der Waals surface area contributed by atoms with Gasteiger partial charge in [0.15, 0.2) is 0 Å². The molecule has 0 aliphatic carbocycles. The van der Waals surface area contributed by atoms with E-state index in [-0.39, 0.29) is 11.9 Å². The van der Waals surface area contributed by atoms with Crippen LogP contribution in [0.25, 0.3) is 21.9 Å². The summed E-state index contributed by atoms with van der Waals surface area (Å²) >= 11 is 0. The van der Waals surface area contributed by atoms with Gasteiger partial charge in [0.2, 0.25) is 0 Å². The van der Waals surface area contributed by atoms with E-state index in [1.807, 2.05) is 36.7 Å². The molecule has 0 aliphatic rings. The zero-order valence-electron chi connectivity index (χ0n) is 15.3. The quantitative estimate of drug-likeness (QED) is 0.545. The van der Waals surface area contributed by atoms with Gasteiger partial charge in [0.05, 0.1) is 6.20 Å². The summed E-state index contributed by atoms with van der Waals surface area (Å²) in [5.41, 5.74) is 9.18. The van der Waals surface area contributed by atoms with E-state index in [1.165, 1.54) is 12.1 Å². The fourth-order valence-electron chi connectivity index (χ4n) is 3.10. The Hall–Kier alpha value is -3.31. The second-order valence-corrected chi connectivity index (χ2v) is 6.75. The molecule has 0 amide bonds. The highest BCUT2D eigenvalue weighted by atomic mass is 19.1. The Bertz CT molecular complexity index is 1080. The first-order valence-electron chi connectivity index (χ1n) is 9.09. The van der Waals surface area contributed by atoms with Gasteiger partial charge in [-0.1, -0.05) is 24.3 Å². The van der Waals surface area contributed by atoms with Gasteiger partial charge in [-0.15, -0.1) is 0 Å². The smallest absolute Gasteiger partial charge is 0.138 e. The van der Waals surface area contributed by atoms with E-state index in [2.05, 4.69) is 16.0 Å². The third kappa shape index (κ3) is 4.32. The maximum absolute atomic E-state index is 13.0. The van der Waals surface area contributed by atoms with Crippen LogP contribution >= 0.6 is 0 Å². The van der Waals surface area contributed by atoms with Gasteiger partial charge in [-0.05, 0) is 53.3 Å². The third-order valence-corrected chi connectivity index (χ3v) is 4.56. The van der Waals surface area contributed by atoms with Crippen LogP contribution in [0.4, 0.5) is 4.39 Å². The highest BCUT2D eigenvalue weighted by Gasteiger charge is 2.08. The van der Waals surface area contributed by atoms with Crippen molar-refractivity contribution in [2.24, 2.45) is 5.73 Å². The molecule has 4 rings (SSSR count). The molecule has 0 radical (unpaired) electrons. The standard InChI is InChI=1S/C23H20FN3O/c24-21-5-1-16(2-6-21)9-22(25)15-28-23-11-20(13-27-14-23)17-3-4-19-12-26-8-7-18(19)10-17/h1-8,10-14,22H,9,15,25H2/t22-/m0/s1. The Kier molecular flexibility index (Phi) is 5.26. The van der Waals surface area contributed by atoms with Gasteiger partial charge in [-0.2, -0.15) is 0 Å². The minimum absolute atomic E-state index is 0.192. The Balaban J connectivity index is 1.43. The summed E-state index contributed by atoms with van der Waals surface area (Å²) in [5.74, 6) is 0.420. The van der Waals surface area contributed by atoms with Crippen molar-refractivity contribution in [2.45, 2.75) is 12.5 Å². The molecule has 2 aromatic carbocycles. The molecule has 0 aliphatic heterocycles. The van der Waals surface area contributed by atoms with Crippen molar-refractivity contribution in [1.29, 1.82) is 0 Å². The molecule has 0 saturated carbocycles. The number of aromatic nitrogens is 2. The molecule has 0 spiro atoms. The van der Waals surface area contributed by atoms with Gasteiger partial charge in [-0.3, -0.25) is 9.97 Å². The van der Waals surface area contributed by atoms with Crippen molar-refractivity contribution >= 4 is 10.8 Å². The summed E-state index contributed by atoms with van der Waals surface area (Å²) in [6.07, 6.45) is 7.74. The predicted octanol–water partition coefficient (Wildman–Crippen LogP) is 4.38. The van der Waals surface area contributed by atoms with E-state index in [0.29, 0.717) is 18.8 Å². The summed E-state index contributed by atoms with van der Waals surface area (Å²) in [4.78, 5) is 8.43. The highest BCUT2D eigenvalue weighted by molar-refractivity contribution is 5.86. The molecule has 4 nitrogen and oxygen atoms in total. The van der Waals surface area contributed by atoms with E-state index < -0.39 is 0 Å². The zero-order valence-corrected chi connectivity index (χ0v) is 15.3. The Labute approximate surface area is 162 Å². The lowest BCUT2D eigenvalue weighted by Gasteiger charge is -2.14. The van der Waals surface area contributed by atoms with Crippen molar-refractivity contribution in [3.63, 3.8) is 0 Å². The van der Waals surface area contributed by atoms with E-state index in [0.717, 1.165) is 27.5 Å². The Morgan fingerprint density at radius 2 is 1.71 bits per heavy atom. The number of nitrogens with zero attached hydrogens (tertiary/aromatic N) is 2. The normalized spacial score (nSPS) is 12.1. The molecular weight excluding hydrogens is 353 g/mol. The van der Waals surface area contributed by atoms with Crippen LogP contribution in [0.1, 0.15) is 5.56 Å². The number of ether oxygens (including phenoxy) is 1. The topological polar surface area (TPSA) is 61.0 Å². The van der Waals surface area contributed by atoms with Gasteiger partial charge in [0, 0.05) is 35.6 Å². The second kappa shape index (κ2) is 8.15. The van der Waals surface area contributed by atoms with Gasteiger partial charge < -0.3 is 10.5 Å². The molecular formula is C23H20FN3O. The van der Waals surface area contributed by atoms with E-state index in [1.54, 1.807) is 24.5 Å². The van der Waals surface area contributed by atoms with Gasteiger partial charge >= 0.3 is 0 Å². The van der Waals surface area contributed by atoms with E-state index in [4.69, 9.17) is 10.5 Å². The van der Waals surface area contributed by atoms with Crippen molar-refractivity contribution < 1.29 is 9.13 Å². The Morgan fingerprint density at radius 1 is 0.857 bits per heavy atom. The first kappa shape index (κ1) is 18.1. The lowest BCUT2D eigenvalue weighted by molar-refractivity contribution is 0.286. The lowest BCUT2D eigenvalue weighted by Crippen LogP contribution is -2.30. The summed E-state index contributed by atoms with van der Waals surface area (Å²) in [6.45, 7) is 0.353. The molecule has 2 heterocycles. The van der Waals surface area contributed by atoms with Crippen LogP contribution in [0.15, 0.2) is 79.4 Å². The van der Waals surface area contributed by atoms with Crippen LogP contribution in [0.3, 0.4) is 0 Å². The Morgan fingerprint density at radius 3 is 2.57 bits per heavy atom. The largest absolute Gasteiger partial charge is 0.490 e. The number of benzene rings is 2.